The number of carbonyl (C=O) groups excluding carboxylic acids is 1. The quantitative estimate of drug-likeness (QED) is 0.839. The zero-order valence-corrected chi connectivity index (χ0v) is 12.7. The molecule has 0 bridgehead atoms. The number of rotatable bonds is 7. The second-order valence-electron chi connectivity index (χ2n) is 6.49. The van der Waals surface area contributed by atoms with Crippen molar-refractivity contribution in [3.05, 3.63) is 35.9 Å². The van der Waals surface area contributed by atoms with Gasteiger partial charge >= 0.3 is 5.97 Å². The Morgan fingerprint density at radius 3 is 2.43 bits per heavy atom. The lowest BCUT2D eigenvalue weighted by Crippen LogP contribution is -2.34. The van der Waals surface area contributed by atoms with Gasteiger partial charge < -0.3 is 10.0 Å². The molecule has 0 saturated heterocycles. The Hall–Kier alpha value is -1.84. The standard InChI is InChI=1S/C17H23NO3/c1-17(2)11-14(17)16(21)18(10-6-9-15(19)20)12-13-7-4-3-5-8-13/h3-5,7-8,14H,6,9-12H2,1-2H3,(H,19,20). The van der Waals surface area contributed by atoms with Crippen LogP contribution in [0.15, 0.2) is 30.3 Å². The number of nitrogens with zero attached hydrogens (tertiary/aromatic N) is 1. The zero-order chi connectivity index (χ0) is 15.5. The molecule has 1 aliphatic carbocycles. The Balaban J connectivity index is 1.99. The van der Waals surface area contributed by atoms with E-state index in [2.05, 4.69) is 13.8 Å². The van der Waals surface area contributed by atoms with Crippen LogP contribution in [0, 0.1) is 11.3 Å². The van der Waals surface area contributed by atoms with Crippen LogP contribution in [0.1, 0.15) is 38.7 Å². The van der Waals surface area contributed by atoms with Crippen LogP contribution in [-0.2, 0) is 16.1 Å². The minimum atomic E-state index is -0.811. The first kappa shape index (κ1) is 15.5. The van der Waals surface area contributed by atoms with Crippen LogP contribution >= 0.6 is 0 Å². The van der Waals surface area contributed by atoms with E-state index in [-0.39, 0.29) is 23.7 Å². The van der Waals surface area contributed by atoms with Gasteiger partial charge in [-0.3, -0.25) is 9.59 Å². The van der Waals surface area contributed by atoms with Gasteiger partial charge in [0.25, 0.3) is 0 Å². The van der Waals surface area contributed by atoms with Crippen LogP contribution in [0.25, 0.3) is 0 Å². The number of amides is 1. The van der Waals surface area contributed by atoms with E-state index in [4.69, 9.17) is 5.11 Å². The van der Waals surface area contributed by atoms with Crippen molar-refractivity contribution in [2.24, 2.45) is 11.3 Å². The minimum absolute atomic E-state index is 0.0889. The van der Waals surface area contributed by atoms with Crippen LogP contribution in [0.3, 0.4) is 0 Å². The third kappa shape index (κ3) is 4.31. The molecule has 1 unspecified atom stereocenters. The molecular formula is C17H23NO3. The van der Waals surface area contributed by atoms with Gasteiger partial charge in [0.2, 0.25) is 5.91 Å². The predicted molar refractivity (Wildman–Crippen MR) is 80.6 cm³/mol. The fourth-order valence-corrected chi connectivity index (χ4v) is 2.60. The molecule has 0 heterocycles. The molecule has 1 atom stereocenters. The van der Waals surface area contributed by atoms with Gasteiger partial charge in [-0.1, -0.05) is 44.2 Å². The number of benzene rings is 1. The fourth-order valence-electron chi connectivity index (χ4n) is 2.60. The summed E-state index contributed by atoms with van der Waals surface area (Å²) in [6, 6.07) is 9.85. The maximum Gasteiger partial charge on any atom is 0.303 e. The van der Waals surface area contributed by atoms with Crippen LogP contribution in [0.5, 0.6) is 0 Å². The summed E-state index contributed by atoms with van der Waals surface area (Å²) in [6.45, 7) is 5.28. The Bertz CT molecular complexity index is 510. The maximum atomic E-state index is 12.6. The predicted octanol–water partition coefficient (Wildman–Crippen LogP) is 2.93. The van der Waals surface area contributed by atoms with Gasteiger partial charge in [0, 0.05) is 25.4 Å². The lowest BCUT2D eigenvalue weighted by Gasteiger charge is -2.23. The first-order valence-electron chi connectivity index (χ1n) is 7.44. The van der Waals surface area contributed by atoms with Gasteiger partial charge in [-0.15, -0.1) is 0 Å². The Kier molecular flexibility index (Phi) is 4.66. The molecule has 2 rings (SSSR count). The minimum Gasteiger partial charge on any atom is -0.481 e. The summed E-state index contributed by atoms with van der Waals surface area (Å²) in [6.07, 6.45) is 1.53. The van der Waals surface area contributed by atoms with Gasteiger partial charge in [0.05, 0.1) is 0 Å². The van der Waals surface area contributed by atoms with E-state index in [1.807, 2.05) is 35.2 Å². The molecule has 1 amide bonds. The number of carboxylic acids is 1. The van der Waals surface area contributed by atoms with Gasteiger partial charge in [-0.05, 0) is 23.8 Å². The van der Waals surface area contributed by atoms with E-state index in [0.29, 0.717) is 19.5 Å². The van der Waals surface area contributed by atoms with E-state index < -0.39 is 5.97 Å². The molecule has 1 fully saturated rings. The molecule has 1 aromatic rings. The lowest BCUT2D eigenvalue weighted by atomic mass is 10.1. The molecule has 4 nitrogen and oxygen atoms in total. The van der Waals surface area contributed by atoms with Gasteiger partial charge in [0.1, 0.15) is 0 Å². The van der Waals surface area contributed by atoms with Crippen LogP contribution in [0.2, 0.25) is 0 Å². The van der Waals surface area contributed by atoms with E-state index in [9.17, 15) is 9.59 Å². The largest absolute Gasteiger partial charge is 0.481 e. The van der Waals surface area contributed by atoms with E-state index >= 15 is 0 Å². The van der Waals surface area contributed by atoms with Crippen LogP contribution in [-0.4, -0.2) is 28.4 Å². The van der Waals surface area contributed by atoms with Gasteiger partial charge in [-0.25, -0.2) is 0 Å². The monoisotopic (exact) mass is 289 g/mol. The lowest BCUT2D eigenvalue weighted by molar-refractivity contribution is -0.138. The second kappa shape index (κ2) is 6.29. The molecule has 4 heteroatoms. The molecular weight excluding hydrogens is 266 g/mol. The summed E-state index contributed by atoms with van der Waals surface area (Å²) in [5.74, 6) is -0.561. The van der Waals surface area contributed by atoms with Crippen molar-refractivity contribution in [3.8, 4) is 0 Å². The summed E-state index contributed by atoms with van der Waals surface area (Å²) in [5, 5.41) is 8.76. The molecule has 1 aromatic carbocycles. The number of aliphatic carboxylic acids is 1. The second-order valence-corrected chi connectivity index (χ2v) is 6.49. The highest BCUT2D eigenvalue weighted by molar-refractivity contribution is 5.82. The smallest absolute Gasteiger partial charge is 0.303 e. The number of carbonyl (C=O) groups is 2. The first-order chi connectivity index (χ1) is 9.90. The highest BCUT2D eigenvalue weighted by Crippen LogP contribution is 2.52. The van der Waals surface area contributed by atoms with Crippen molar-refractivity contribution in [3.63, 3.8) is 0 Å². The van der Waals surface area contributed by atoms with Crippen molar-refractivity contribution in [1.29, 1.82) is 0 Å². The zero-order valence-electron chi connectivity index (χ0n) is 12.7. The third-order valence-electron chi connectivity index (χ3n) is 4.16. The number of carboxylic acid groups (broad SMARTS) is 1. The number of hydrogen-bond acceptors (Lipinski definition) is 2. The van der Waals surface area contributed by atoms with E-state index in [1.165, 1.54) is 0 Å². The maximum absolute atomic E-state index is 12.6. The fraction of sp³-hybridized carbons (Fsp3) is 0.529. The molecule has 21 heavy (non-hydrogen) atoms. The highest BCUT2D eigenvalue weighted by atomic mass is 16.4. The molecule has 0 aromatic heterocycles. The van der Waals surface area contributed by atoms with Crippen molar-refractivity contribution in [2.75, 3.05) is 6.54 Å². The van der Waals surface area contributed by atoms with Crippen LogP contribution in [0.4, 0.5) is 0 Å². The first-order valence-corrected chi connectivity index (χ1v) is 7.44. The molecule has 1 aliphatic rings. The Morgan fingerprint density at radius 2 is 1.90 bits per heavy atom. The molecule has 1 N–H and O–H groups in total. The molecule has 1 saturated carbocycles. The topological polar surface area (TPSA) is 57.6 Å². The summed E-state index contributed by atoms with van der Waals surface area (Å²) in [5.41, 5.74) is 1.18. The normalized spacial score (nSPS) is 19.0. The Morgan fingerprint density at radius 1 is 1.29 bits per heavy atom. The summed E-state index contributed by atoms with van der Waals surface area (Å²) >= 11 is 0. The van der Waals surface area contributed by atoms with E-state index in [0.717, 1.165) is 12.0 Å². The summed E-state index contributed by atoms with van der Waals surface area (Å²) in [7, 11) is 0. The molecule has 0 spiro atoms. The average Bonchev–Trinajstić information content (AvgIpc) is 3.06. The van der Waals surface area contributed by atoms with Crippen molar-refractivity contribution in [1.82, 2.24) is 4.90 Å². The highest BCUT2D eigenvalue weighted by Gasteiger charge is 2.51. The van der Waals surface area contributed by atoms with Crippen LogP contribution < -0.4 is 0 Å². The third-order valence-corrected chi connectivity index (χ3v) is 4.16. The van der Waals surface area contributed by atoms with Gasteiger partial charge in [-0.2, -0.15) is 0 Å². The Labute approximate surface area is 125 Å². The molecule has 0 aliphatic heterocycles. The van der Waals surface area contributed by atoms with Crippen molar-refractivity contribution < 1.29 is 14.7 Å². The van der Waals surface area contributed by atoms with Crippen molar-refractivity contribution in [2.45, 2.75) is 39.7 Å². The summed E-state index contributed by atoms with van der Waals surface area (Å²) < 4.78 is 0. The SMILES string of the molecule is CC1(C)CC1C(=O)N(CCCC(=O)O)Cc1ccccc1. The average molecular weight is 289 g/mol. The van der Waals surface area contributed by atoms with Gasteiger partial charge in [0.15, 0.2) is 0 Å². The summed E-state index contributed by atoms with van der Waals surface area (Å²) in [4.78, 5) is 25.1. The van der Waals surface area contributed by atoms with E-state index in [1.54, 1.807) is 0 Å². The van der Waals surface area contributed by atoms with Crippen molar-refractivity contribution >= 4 is 11.9 Å². The number of hydrogen-bond donors (Lipinski definition) is 1. The molecule has 0 radical (unpaired) electrons. The molecule has 114 valence electrons.